The molecule has 2 heteroatoms. The Morgan fingerprint density at radius 3 is 2.43 bits per heavy atom. The van der Waals surface area contributed by atoms with Crippen LogP contribution in [0.4, 0.5) is 0 Å². The lowest BCUT2D eigenvalue weighted by molar-refractivity contribution is 0.170. The first-order valence-corrected chi connectivity index (χ1v) is 5.25. The quantitative estimate of drug-likeness (QED) is 0.733. The van der Waals surface area contributed by atoms with Crippen molar-refractivity contribution in [1.82, 2.24) is 4.98 Å². The topological polar surface area (TPSA) is 22.1 Å². The van der Waals surface area contributed by atoms with Gasteiger partial charge in [0, 0.05) is 5.69 Å². The molecule has 0 saturated carbocycles. The average molecular weight is 193 g/mol. The van der Waals surface area contributed by atoms with Gasteiger partial charge < -0.3 is 4.74 Å². The minimum Gasteiger partial charge on any atom is -0.489 e. The Balaban J connectivity index is 2.59. The van der Waals surface area contributed by atoms with Crippen molar-refractivity contribution in [3.05, 3.63) is 24.0 Å². The van der Waals surface area contributed by atoms with Crippen LogP contribution in [-0.2, 0) is 6.42 Å². The molecule has 0 bridgehead atoms. The fraction of sp³-hybridized carbons (Fsp3) is 0.583. The SMILES string of the molecule is CCc1ccc(O[C@H](C)C(C)C)cn1. The summed E-state index contributed by atoms with van der Waals surface area (Å²) in [4.78, 5) is 4.28. The lowest BCUT2D eigenvalue weighted by Crippen LogP contribution is -2.18. The maximum Gasteiger partial charge on any atom is 0.138 e. The monoisotopic (exact) mass is 193 g/mol. The molecule has 1 heterocycles. The Morgan fingerprint density at radius 1 is 1.29 bits per heavy atom. The number of hydrogen-bond donors (Lipinski definition) is 0. The van der Waals surface area contributed by atoms with Crippen LogP contribution in [0.25, 0.3) is 0 Å². The standard InChI is InChI=1S/C12H19NO/c1-5-11-6-7-12(8-13-11)14-10(4)9(2)3/h6-10H,5H2,1-4H3/t10-/m1/s1. The van der Waals surface area contributed by atoms with Gasteiger partial charge in [-0.05, 0) is 31.4 Å². The van der Waals surface area contributed by atoms with Crippen LogP contribution in [0.2, 0.25) is 0 Å². The number of aryl methyl sites for hydroxylation is 1. The molecule has 0 aliphatic carbocycles. The van der Waals surface area contributed by atoms with Gasteiger partial charge in [0.15, 0.2) is 0 Å². The summed E-state index contributed by atoms with van der Waals surface area (Å²) in [7, 11) is 0. The van der Waals surface area contributed by atoms with Crippen LogP contribution in [0, 0.1) is 5.92 Å². The third-order valence-corrected chi connectivity index (χ3v) is 2.42. The van der Waals surface area contributed by atoms with Gasteiger partial charge in [-0.1, -0.05) is 20.8 Å². The predicted molar refractivity (Wildman–Crippen MR) is 58.5 cm³/mol. The first-order valence-electron chi connectivity index (χ1n) is 5.25. The zero-order valence-corrected chi connectivity index (χ0v) is 9.45. The molecule has 1 aromatic heterocycles. The number of rotatable bonds is 4. The van der Waals surface area contributed by atoms with Crippen LogP contribution in [0.3, 0.4) is 0 Å². The molecule has 0 unspecified atom stereocenters. The van der Waals surface area contributed by atoms with Gasteiger partial charge in [0.2, 0.25) is 0 Å². The van der Waals surface area contributed by atoms with Gasteiger partial charge in [-0.25, -0.2) is 0 Å². The summed E-state index contributed by atoms with van der Waals surface area (Å²) < 4.78 is 5.71. The second-order valence-electron chi connectivity index (χ2n) is 3.91. The Morgan fingerprint density at radius 2 is 2.00 bits per heavy atom. The summed E-state index contributed by atoms with van der Waals surface area (Å²) in [6, 6.07) is 4.01. The van der Waals surface area contributed by atoms with Crippen LogP contribution in [0.5, 0.6) is 5.75 Å². The van der Waals surface area contributed by atoms with E-state index in [0.717, 1.165) is 17.9 Å². The molecular weight excluding hydrogens is 174 g/mol. The van der Waals surface area contributed by atoms with Crippen molar-refractivity contribution in [2.24, 2.45) is 5.92 Å². The van der Waals surface area contributed by atoms with Crippen molar-refractivity contribution in [3.8, 4) is 5.75 Å². The van der Waals surface area contributed by atoms with Crippen molar-refractivity contribution < 1.29 is 4.74 Å². The highest BCUT2D eigenvalue weighted by atomic mass is 16.5. The van der Waals surface area contributed by atoms with Crippen LogP contribution in [0.1, 0.15) is 33.4 Å². The molecule has 1 atom stereocenters. The molecule has 2 nitrogen and oxygen atoms in total. The largest absolute Gasteiger partial charge is 0.489 e. The van der Waals surface area contributed by atoms with Gasteiger partial charge in [-0.15, -0.1) is 0 Å². The van der Waals surface area contributed by atoms with E-state index in [0.29, 0.717) is 5.92 Å². The highest BCUT2D eigenvalue weighted by Crippen LogP contribution is 2.14. The maximum atomic E-state index is 5.71. The Hall–Kier alpha value is -1.05. The van der Waals surface area contributed by atoms with Gasteiger partial charge in [-0.3, -0.25) is 4.98 Å². The van der Waals surface area contributed by atoms with E-state index in [2.05, 4.69) is 32.7 Å². The lowest BCUT2D eigenvalue weighted by atomic mass is 10.1. The van der Waals surface area contributed by atoms with E-state index in [4.69, 9.17) is 4.74 Å². The van der Waals surface area contributed by atoms with Gasteiger partial charge >= 0.3 is 0 Å². The molecule has 0 amide bonds. The predicted octanol–water partition coefficient (Wildman–Crippen LogP) is 3.07. The minimum atomic E-state index is 0.240. The molecule has 14 heavy (non-hydrogen) atoms. The number of nitrogens with zero attached hydrogens (tertiary/aromatic N) is 1. The Labute approximate surface area is 86.3 Å². The first-order chi connectivity index (χ1) is 6.63. The molecule has 0 saturated heterocycles. The van der Waals surface area contributed by atoms with Gasteiger partial charge in [0.25, 0.3) is 0 Å². The van der Waals surface area contributed by atoms with E-state index in [1.54, 1.807) is 6.20 Å². The molecule has 78 valence electrons. The molecule has 0 spiro atoms. The number of ether oxygens (including phenoxy) is 1. The summed E-state index contributed by atoms with van der Waals surface area (Å²) in [6.45, 7) is 8.48. The van der Waals surface area contributed by atoms with Gasteiger partial charge in [0.05, 0.1) is 12.3 Å². The van der Waals surface area contributed by atoms with Gasteiger partial charge in [-0.2, -0.15) is 0 Å². The summed E-state index contributed by atoms with van der Waals surface area (Å²) in [5.41, 5.74) is 1.11. The highest BCUT2D eigenvalue weighted by molar-refractivity contribution is 5.20. The van der Waals surface area contributed by atoms with Crippen LogP contribution >= 0.6 is 0 Å². The summed E-state index contributed by atoms with van der Waals surface area (Å²) in [5, 5.41) is 0. The molecule has 0 fully saturated rings. The first kappa shape index (κ1) is 11.0. The normalized spacial score (nSPS) is 12.9. The van der Waals surface area contributed by atoms with Crippen molar-refractivity contribution in [2.45, 2.75) is 40.2 Å². The Kier molecular flexibility index (Phi) is 3.93. The molecule has 0 N–H and O–H groups in total. The maximum absolute atomic E-state index is 5.71. The molecule has 0 aliphatic rings. The van der Waals surface area contributed by atoms with E-state index in [1.165, 1.54) is 0 Å². The second-order valence-corrected chi connectivity index (χ2v) is 3.91. The molecule has 0 aliphatic heterocycles. The molecule has 1 aromatic rings. The third kappa shape index (κ3) is 3.02. The fourth-order valence-corrected chi connectivity index (χ4v) is 1.04. The molecule has 1 rings (SSSR count). The van der Waals surface area contributed by atoms with E-state index < -0.39 is 0 Å². The highest BCUT2D eigenvalue weighted by Gasteiger charge is 2.08. The van der Waals surface area contributed by atoms with Crippen LogP contribution in [0.15, 0.2) is 18.3 Å². The van der Waals surface area contributed by atoms with Gasteiger partial charge in [0.1, 0.15) is 5.75 Å². The molecule has 0 radical (unpaired) electrons. The zero-order valence-electron chi connectivity index (χ0n) is 9.45. The number of hydrogen-bond acceptors (Lipinski definition) is 2. The third-order valence-electron chi connectivity index (χ3n) is 2.42. The minimum absolute atomic E-state index is 0.240. The number of aromatic nitrogens is 1. The van der Waals surface area contributed by atoms with E-state index >= 15 is 0 Å². The van der Waals surface area contributed by atoms with Crippen molar-refractivity contribution in [3.63, 3.8) is 0 Å². The van der Waals surface area contributed by atoms with E-state index in [9.17, 15) is 0 Å². The van der Waals surface area contributed by atoms with Crippen LogP contribution in [-0.4, -0.2) is 11.1 Å². The van der Waals surface area contributed by atoms with E-state index in [1.807, 2.05) is 12.1 Å². The second kappa shape index (κ2) is 4.99. The average Bonchev–Trinajstić information content (AvgIpc) is 2.19. The van der Waals surface area contributed by atoms with Crippen molar-refractivity contribution >= 4 is 0 Å². The fourth-order valence-electron chi connectivity index (χ4n) is 1.04. The summed E-state index contributed by atoms with van der Waals surface area (Å²) >= 11 is 0. The summed E-state index contributed by atoms with van der Waals surface area (Å²) in [5.74, 6) is 1.39. The lowest BCUT2D eigenvalue weighted by Gasteiger charge is -2.17. The molecular formula is C12H19NO. The van der Waals surface area contributed by atoms with Crippen LogP contribution < -0.4 is 4.74 Å². The van der Waals surface area contributed by atoms with E-state index in [-0.39, 0.29) is 6.10 Å². The van der Waals surface area contributed by atoms with Crippen molar-refractivity contribution in [1.29, 1.82) is 0 Å². The Bertz CT molecular complexity index is 266. The van der Waals surface area contributed by atoms with Crippen molar-refractivity contribution in [2.75, 3.05) is 0 Å². The number of pyridine rings is 1. The molecule has 0 aromatic carbocycles. The smallest absolute Gasteiger partial charge is 0.138 e. The summed E-state index contributed by atoms with van der Waals surface area (Å²) in [6.07, 6.45) is 3.02. The zero-order chi connectivity index (χ0) is 10.6.